The van der Waals surface area contributed by atoms with Crippen molar-refractivity contribution in [3.63, 3.8) is 0 Å². The molecule has 6 fully saturated rings. The van der Waals surface area contributed by atoms with Crippen LogP contribution >= 0.6 is 0 Å². The average Bonchev–Trinajstić information content (AvgIpc) is 3.28. The van der Waals surface area contributed by atoms with Gasteiger partial charge >= 0.3 is 12.4 Å². The Morgan fingerprint density at radius 2 is 0.865 bits per heavy atom. The number of rotatable bonds is 8. The second-order valence-electron chi connectivity index (χ2n) is 17.4. The number of hydrogen-bond acceptors (Lipinski definition) is 6. The molecule has 2 aromatic carbocycles. The summed E-state index contributed by atoms with van der Waals surface area (Å²) in [5.41, 5.74) is -0.217. The van der Waals surface area contributed by atoms with Crippen molar-refractivity contribution < 1.29 is 35.8 Å². The molecule has 2 aromatic rings. The molecular formula is C40H52F6N4O2. The van der Waals surface area contributed by atoms with Gasteiger partial charge in [0.2, 0.25) is 0 Å². The van der Waals surface area contributed by atoms with Crippen molar-refractivity contribution in [2.45, 2.75) is 90.1 Å². The Morgan fingerprint density at radius 1 is 0.538 bits per heavy atom. The summed E-state index contributed by atoms with van der Waals surface area (Å²) in [6.45, 7) is 19.0. The topological polar surface area (TPSA) is 31.4 Å². The van der Waals surface area contributed by atoms with E-state index in [2.05, 4.69) is 47.3 Å². The van der Waals surface area contributed by atoms with Gasteiger partial charge in [-0.25, -0.2) is 0 Å². The fourth-order valence-electron chi connectivity index (χ4n) is 12.6. The van der Waals surface area contributed by atoms with Crippen LogP contribution in [0.3, 0.4) is 0 Å². The number of alkyl halides is 6. The van der Waals surface area contributed by atoms with Crippen LogP contribution in [0.25, 0.3) is 0 Å². The summed E-state index contributed by atoms with van der Waals surface area (Å²) >= 11 is 0. The Labute approximate surface area is 303 Å². The summed E-state index contributed by atoms with van der Waals surface area (Å²) in [6.07, 6.45) is -7.00. The summed E-state index contributed by atoms with van der Waals surface area (Å²) in [4.78, 5) is 10.6. The zero-order valence-electron chi connectivity index (χ0n) is 30.7. The Morgan fingerprint density at radius 3 is 1.17 bits per heavy atom. The number of ether oxygens (including phenoxy) is 2. The molecule has 4 saturated heterocycles. The fourth-order valence-corrected chi connectivity index (χ4v) is 12.6. The molecule has 286 valence electrons. The molecule has 0 aromatic heterocycles. The molecule has 2 aliphatic carbocycles. The largest absolute Gasteiger partial charge is 0.416 e. The van der Waals surface area contributed by atoms with E-state index in [1.54, 1.807) is 24.3 Å². The van der Waals surface area contributed by atoms with E-state index in [0.717, 1.165) is 63.2 Å². The summed E-state index contributed by atoms with van der Waals surface area (Å²) < 4.78 is 93.1. The Balaban J connectivity index is 1.26. The van der Waals surface area contributed by atoms with Gasteiger partial charge in [-0.1, -0.05) is 52.0 Å². The van der Waals surface area contributed by atoms with Crippen molar-refractivity contribution in [3.05, 3.63) is 70.8 Å². The first-order chi connectivity index (χ1) is 24.5. The number of hydrogen-bond donors (Lipinski definition) is 0. The van der Waals surface area contributed by atoms with E-state index < -0.39 is 23.5 Å². The minimum Gasteiger partial charge on any atom is -0.379 e. The van der Waals surface area contributed by atoms with E-state index in [-0.39, 0.29) is 45.8 Å². The quantitative estimate of drug-likeness (QED) is 0.271. The van der Waals surface area contributed by atoms with Gasteiger partial charge in [-0.3, -0.25) is 19.6 Å². The molecule has 0 N–H and O–H groups in total. The van der Waals surface area contributed by atoms with Gasteiger partial charge < -0.3 is 9.47 Å². The number of halogens is 6. The van der Waals surface area contributed by atoms with Crippen LogP contribution in [0.5, 0.6) is 0 Å². The Hall–Kier alpha value is -2.22. The SMILES string of the molecule is CC1(C)C2CC3N(Cc4ccc(C(F)(F)F)cc4)C4CC(N2Cc2ccc(C(F)(F)F)cc2)C1(CN1CCOCC1)C3(CN1CCOCC1)C4(C)C. The van der Waals surface area contributed by atoms with E-state index in [9.17, 15) is 26.3 Å². The molecule has 4 bridgehead atoms. The molecule has 8 rings (SSSR count). The molecule has 6 atom stereocenters. The lowest BCUT2D eigenvalue weighted by molar-refractivity contribution is -0.201. The van der Waals surface area contributed by atoms with Gasteiger partial charge in [0, 0.05) is 87.4 Å². The van der Waals surface area contributed by atoms with Crippen molar-refractivity contribution in [1.29, 1.82) is 0 Å². The van der Waals surface area contributed by atoms with Gasteiger partial charge in [0.25, 0.3) is 0 Å². The third-order valence-electron chi connectivity index (χ3n) is 14.8. The van der Waals surface area contributed by atoms with Crippen molar-refractivity contribution >= 4 is 0 Å². The van der Waals surface area contributed by atoms with Crippen molar-refractivity contribution in [2.24, 2.45) is 21.7 Å². The molecule has 52 heavy (non-hydrogen) atoms. The van der Waals surface area contributed by atoms with Gasteiger partial charge in [-0.15, -0.1) is 0 Å². The molecule has 0 amide bonds. The van der Waals surface area contributed by atoms with Crippen molar-refractivity contribution in [3.8, 4) is 0 Å². The average molecular weight is 735 g/mol. The Kier molecular flexibility index (Phi) is 8.95. The molecule has 4 heterocycles. The summed E-state index contributed by atoms with van der Waals surface area (Å²) in [5, 5.41) is 0. The number of fused-ring (bicyclic) bond motifs is 2. The third-order valence-corrected chi connectivity index (χ3v) is 14.8. The minimum atomic E-state index is -4.39. The maximum absolute atomic E-state index is 13.6. The number of likely N-dealkylation sites (tertiary alicyclic amines) is 2. The van der Waals surface area contributed by atoms with Gasteiger partial charge in [0.15, 0.2) is 0 Å². The van der Waals surface area contributed by atoms with Crippen LogP contribution in [-0.2, 0) is 34.9 Å². The molecule has 0 spiro atoms. The summed E-state index contributed by atoms with van der Waals surface area (Å²) in [7, 11) is 0. The fraction of sp³-hybridized carbons (Fsp3) is 0.700. The summed E-state index contributed by atoms with van der Waals surface area (Å²) in [6, 6.07) is 12.1. The molecule has 0 radical (unpaired) electrons. The zero-order chi connectivity index (χ0) is 36.9. The van der Waals surface area contributed by atoms with Gasteiger partial charge in [-0.05, 0) is 59.1 Å². The van der Waals surface area contributed by atoms with Crippen molar-refractivity contribution in [1.82, 2.24) is 19.6 Å². The second kappa shape index (κ2) is 12.7. The molecule has 6 nitrogen and oxygen atoms in total. The summed E-state index contributed by atoms with van der Waals surface area (Å²) in [5.74, 6) is 0. The minimum absolute atomic E-state index is 0.152. The van der Waals surface area contributed by atoms with Crippen LogP contribution in [0, 0.1) is 21.7 Å². The molecule has 6 unspecified atom stereocenters. The smallest absolute Gasteiger partial charge is 0.379 e. The molecular weight excluding hydrogens is 682 g/mol. The number of morpholine rings is 2. The molecule has 2 saturated carbocycles. The first-order valence-electron chi connectivity index (χ1n) is 18.9. The Bertz CT molecular complexity index is 1480. The highest BCUT2D eigenvalue weighted by Crippen LogP contribution is 2.80. The maximum Gasteiger partial charge on any atom is 0.416 e. The van der Waals surface area contributed by atoms with Crippen LogP contribution in [-0.4, -0.2) is 109 Å². The van der Waals surface area contributed by atoms with E-state index >= 15 is 0 Å². The predicted molar refractivity (Wildman–Crippen MR) is 185 cm³/mol. The van der Waals surface area contributed by atoms with E-state index in [0.29, 0.717) is 39.5 Å². The highest BCUT2D eigenvalue weighted by Gasteiger charge is 2.85. The molecule has 4 aliphatic heterocycles. The van der Waals surface area contributed by atoms with Crippen LogP contribution in [0.1, 0.15) is 62.8 Å². The van der Waals surface area contributed by atoms with Crippen LogP contribution in [0.4, 0.5) is 26.3 Å². The highest BCUT2D eigenvalue weighted by molar-refractivity contribution is 5.39. The van der Waals surface area contributed by atoms with Crippen LogP contribution in [0.2, 0.25) is 0 Å². The predicted octanol–water partition coefficient (Wildman–Crippen LogP) is 7.03. The lowest BCUT2D eigenvalue weighted by Crippen LogP contribution is -2.75. The van der Waals surface area contributed by atoms with Crippen LogP contribution < -0.4 is 0 Å². The van der Waals surface area contributed by atoms with E-state index in [4.69, 9.17) is 9.47 Å². The van der Waals surface area contributed by atoms with Gasteiger partial charge in [-0.2, -0.15) is 26.3 Å². The van der Waals surface area contributed by atoms with Gasteiger partial charge in [0.05, 0.1) is 37.6 Å². The standard InChI is InChI=1S/C40H52F6N4O2/c1-35(2)31-21-34-38(26-48-15-19-52-20-16-48)36(3,4)32(50(34)24-28-7-11-30(12-8-28)40(44,45)46)22-33(37(35,38)25-47-13-17-51-18-14-47)49(31)23-27-5-9-29(10-6-27)39(41,42)43/h5-12,31-34H,13-26H2,1-4H3. The first-order valence-corrected chi connectivity index (χ1v) is 18.9. The zero-order valence-corrected chi connectivity index (χ0v) is 30.7. The number of nitrogens with zero attached hydrogens (tertiary/aromatic N) is 4. The highest BCUT2D eigenvalue weighted by atomic mass is 19.4. The maximum atomic E-state index is 13.6. The van der Waals surface area contributed by atoms with Gasteiger partial charge in [0.1, 0.15) is 0 Å². The second-order valence-corrected chi connectivity index (χ2v) is 17.4. The van der Waals surface area contributed by atoms with Crippen molar-refractivity contribution in [2.75, 3.05) is 65.7 Å². The first kappa shape index (κ1) is 36.7. The lowest BCUT2D eigenvalue weighted by Gasteiger charge is -2.69. The number of benzene rings is 2. The normalized spacial score (nSPS) is 35.0. The van der Waals surface area contributed by atoms with E-state index in [1.807, 2.05) is 0 Å². The molecule has 12 heteroatoms. The van der Waals surface area contributed by atoms with Crippen LogP contribution in [0.15, 0.2) is 48.5 Å². The lowest BCUT2D eigenvalue weighted by atomic mass is 9.35. The third kappa shape index (κ3) is 5.43. The van der Waals surface area contributed by atoms with E-state index in [1.165, 1.54) is 24.3 Å². The molecule has 6 aliphatic rings. The monoisotopic (exact) mass is 734 g/mol.